The highest BCUT2D eigenvalue weighted by Gasteiger charge is 2.16. The van der Waals surface area contributed by atoms with E-state index < -0.39 is 22.8 Å². The van der Waals surface area contributed by atoms with Crippen LogP contribution in [0.5, 0.6) is 5.75 Å². The lowest BCUT2D eigenvalue weighted by molar-refractivity contribution is 0.0684. The molecule has 6 N–H and O–H groups in total. The largest absolute Gasteiger partial charge is 0.494 e. The van der Waals surface area contributed by atoms with E-state index in [4.69, 9.17) is 14.9 Å². The summed E-state index contributed by atoms with van der Waals surface area (Å²) >= 11 is 5.66. The van der Waals surface area contributed by atoms with E-state index in [0.717, 1.165) is 62.5 Å². The predicted molar refractivity (Wildman–Crippen MR) is 182 cm³/mol. The molecule has 16 heteroatoms. The number of aromatic carboxylic acids is 2. The third kappa shape index (κ3) is 7.25. The molecule has 4 aromatic heterocycles. The van der Waals surface area contributed by atoms with Crippen LogP contribution in [0, 0.1) is 6.92 Å². The van der Waals surface area contributed by atoms with E-state index in [1.165, 1.54) is 6.20 Å². The molecular weight excluding hydrogens is 700 g/mol. The summed E-state index contributed by atoms with van der Waals surface area (Å²) in [6.07, 6.45) is 3.27. The van der Waals surface area contributed by atoms with E-state index in [-0.39, 0.29) is 20.5 Å². The van der Waals surface area contributed by atoms with E-state index in [1.807, 2.05) is 56.3 Å². The molecule has 0 spiro atoms. The number of ether oxygens (including phenoxy) is 1. The number of fused-ring (bicyclic) bond motifs is 2. The van der Waals surface area contributed by atoms with Crippen LogP contribution in [0.25, 0.3) is 20.7 Å². The van der Waals surface area contributed by atoms with Crippen LogP contribution in [0.2, 0.25) is 0 Å². The summed E-state index contributed by atoms with van der Waals surface area (Å²) in [5.74, 6) is -1.73. The Hall–Kier alpha value is -5.06. The first kappa shape index (κ1) is 32.3. The van der Waals surface area contributed by atoms with Crippen molar-refractivity contribution < 1.29 is 24.5 Å². The van der Waals surface area contributed by atoms with Crippen molar-refractivity contribution in [2.45, 2.75) is 20.3 Å². The van der Waals surface area contributed by atoms with Gasteiger partial charge in [-0.05, 0) is 61.4 Å². The number of rotatable bonds is 9. The fourth-order valence-corrected chi connectivity index (χ4v) is 6.10. The molecule has 236 valence electrons. The van der Waals surface area contributed by atoms with Crippen LogP contribution < -0.4 is 26.2 Å². The Balaban J connectivity index is 0.000000182. The second kappa shape index (κ2) is 13.9. The topological polar surface area (TPSA) is 199 Å². The lowest BCUT2D eigenvalue weighted by atomic mass is 10.2. The molecule has 2 aromatic carbocycles. The number of aromatic nitrogens is 4. The third-order valence-corrected chi connectivity index (χ3v) is 9.14. The van der Waals surface area contributed by atoms with Gasteiger partial charge in [0, 0.05) is 28.2 Å². The van der Waals surface area contributed by atoms with Crippen molar-refractivity contribution in [3.63, 3.8) is 0 Å². The summed E-state index contributed by atoms with van der Waals surface area (Å²) in [6.45, 7) is 4.68. The van der Waals surface area contributed by atoms with Gasteiger partial charge in [-0.15, -0.1) is 0 Å². The van der Waals surface area contributed by atoms with Crippen molar-refractivity contribution >= 4 is 92.9 Å². The van der Waals surface area contributed by atoms with Crippen LogP contribution in [-0.4, -0.2) is 48.7 Å². The molecule has 0 saturated carbocycles. The van der Waals surface area contributed by atoms with Crippen molar-refractivity contribution in [2.75, 3.05) is 17.2 Å². The average molecular weight is 726 g/mol. The first-order valence-electron chi connectivity index (χ1n) is 13.6. The molecule has 0 aliphatic rings. The van der Waals surface area contributed by atoms with Crippen molar-refractivity contribution in [2.24, 2.45) is 0 Å². The van der Waals surface area contributed by atoms with Crippen LogP contribution in [0.3, 0.4) is 0 Å². The zero-order chi connectivity index (χ0) is 33.0. The first-order valence-corrected chi connectivity index (χ1v) is 16.0. The predicted octanol–water partition coefficient (Wildman–Crippen LogP) is 6.71. The smallest absolute Gasteiger partial charge is 0.341 e. The summed E-state index contributed by atoms with van der Waals surface area (Å²) in [4.78, 5) is 60.2. The Morgan fingerprint density at radius 3 is 1.83 bits per heavy atom. The van der Waals surface area contributed by atoms with Crippen LogP contribution in [-0.2, 0) is 0 Å². The molecule has 0 aliphatic carbocycles. The second-order valence-electron chi connectivity index (χ2n) is 9.65. The SMILES string of the molecule is CCCOc1ccc(Nc2nc3[nH]cc(C(=O)O)c(=O)c3s2)cc1.Cc1cc(Nc2nc3[nH]cc(C(=O)O)c(=O)c3s2)ccc1Br. The van der Waals surface area contributed by atoms with Crippen LogP contribution >= 0.6 is 38.6 Å². The Morgan fingerprint density at radius 2 is 1.35 bits per heavy atom. The lowest BCUT2D eigenvalue weighted by Crippen LogP contribution is -2.14. The summed E-state index contributed by atoms with van der Waals surface area (Å²) in [5, 5.41) is 25.2. The third-order valence-electron chi connectivity index (χ3n) is 6.31. The summed E-state index contributed by atoms with van der Waals surface area (Å²) in [5.41, 5.74) is 1.78. The lowest BCUT2D eigenvalue weighted by Gasteiger charge is -2.06. The zero-order valence-corrected chi connectivity index (χ0v) is 27.4. The van der Waals surface area contributed by atoms with Gasteiger partial charge < -0.3 is 35.6 Å². The number of benzene rings is 2. The molecule has 0 atom stereocenters. The Kier molecular flexibility index (Phi) is 9.79. The maximum atomic E-state index is 12.1. The van der Waals surface area contributed by atoms with E-state index in [1.54, 1.807) is 0 Å². The molecule has 46 heavy (non-hydrogen) atoms. The van der Waals surface area contributed by atoms with E-state index >= 15 is 0 Å². The standard InChI is InChI=1S/C16H15N3O4S.C14H10BrN3O3S/c1-2-7-23-10-5-3-9(4-6-10)18-16-19-14-13(24-16)12(20)11(8-17-14)15(21)22;1-6-4-7(2-3-9(6)15)17-14-18-12-11(22-14)10(19)8(5-16-12)13(20)21/h3-6,8H,2,7H2,1H3,(H,21,22)(H2,17,18,19,20);2-5H,1H3,(H,20,21)(H2,16,17,18,19). The number of carbonyl (C=O) groups is 2. The van der Waals surface area contributed by atoms with Crippen LogP contribution in [0.1, 0.15) is 39.6 Å². The number of H-pyrrole nitrogens is 2. The summed E-state index contributed by atoms with van der Waals surface area (Å²) < 4.78 is 7.09. The van der Waals surface area contributed by atoms with Crippen molar-refractivity contribution in [1.82, 2.24) is 19.9 Å². The van der Waals surface area contributed by atoms with Gasteiger partial charge in [0.25, 0.3) is 0 Å². The van der Waals surface area contributed by atoms with Gasteiger partial charge in [-0.25, -0.2) is 19.6 Å². The van der Waals surface area contributed by atoms with Gasteiger partial charge in [-0.2, -0.15) is 0 Å². The van der Waals surface area contributed by atoms with Gasteiger partial charge in [-0.1, -0.05) is 45.5 Å². The summed E-state index contributed by atoms with van der Waals surface area (Å²) in [7, 11) is 0. The Morgan fingerprint density at radius 1 is 0.848 bits per heavy atom. The summed E-state index contributed by atoms with van der Waals surface area (Å²) in [6, 6.07) is 13.1. The van der Waals surface area contributed by atoms with E-state index in [9.17, 15) is 19.2 Å². The fraction of sp³-hybridized carbons (Fsp3) is 0.133. The van der Waals surface area contributed by atoms with Crippen molar-refractivity contribution in [3.05, 3.63) is 96.5 Å². The molecule has 0 amide bonds. The average Bonchev–Trinajstić information content (AvgIpc) is 3.63. The molecule has 0 unspecified atom stereocenters. The number of pyridine rings is 2. The first-order chi connectivity index (χ1) is 22.0. The van der Waals surface area contributed by atoms with Gasteiger partial charge in [0.05, 0.1) is 6.61 Å². The molecule has 0 saturated heterocycles. The molecule has 0 fully saturated rings. The maximum Gasteiger partial charge on any atom is 0.341 e. The number of thiazole rings is 2. The Bertz CT molecular complexity index is 2190. The van der Waals surface area contributed by atoms with Gasteiger partial charge in [0.2, 0.25) is 10.9 Å². The molecule has 0 aliphatic heterocycles. The van der Waals surface area contributed by atoms with Gasteiger partial charge >= 0.3 is 11.9 Å². The van der Waals surface area contributed by atoms with Crippen molar-refractivity contribution in [3.8, 4) is 5.75 Å². The molecule has 4 heterocycles. The number of carboxylic acid groups (broad SMARTS) is 2. The molecule has 6 aromatic rings. The monoisotopic (exact) mass is 724 g/mol. The molecule has 13 nitrogen and oxygen atoms in total. The van der Waals surface area contributed by atoms with Gasteiger partial charge in [0.15, 0.2) is 21.6 Å². The molecule has 6 rings (SSSR count). The molecular formula is C30H25BrN6O7S2. The van der Waals surface area contributed by atoms with E-state index in [2.05, 4.69) is 46.5 Å². The van der Waals surface area contributed by atoms with E-state index in [0.29, 0.717) is 28.2 Å². The number of hydrogen-bond acceptors (Lipinski definition) is 11. The number of nitrogens with one attached hydrogen (secondary N) is 4. The Labute approximate surface area is 276 Å². The zero-order valence-electron chi connectivity index (χ0n) is 24.1. The van der Waals surface area contributed by atoms with Gasteiger partial charge in [-0.3, -0.25) is 9.59 Å². The molecule has 0 radical (unpaired) electrons. The minimum Gasteiger partial charge on any atom is -0.494 e. The highest BCUT2D eigenvalue weighted by molar-refractivity contribution is 9.10. The second-order valence-corrected chi connectivity index (χ2v) is 12.5. The highest BCUT2D eigenvalue weighted by Crippen LogP contribution is 2.28. The minimum absolute atomic E-state index is 0.278. The number of aromatic amines is 2. The maximum absolute atomic E-state index is 12.1. The number of hydrogen-bond donors (Lipinski definition) is 6. The van der Waals surface area contributed by atoms with Gasteiger partial charge in [0.1, 0.15) is 26.3 Å². The number of carboxylic acids is 2. The van der Waals surface area contributed by atoms with Crippen LogP contribution in [0.15, 0.2) is 68.9 Å². The van der Waals surface area contributed by atoms with Crippen LogP contribution in [0.4, 0.5) is 21.6 Å². The highest BCUT2D eigenvalue weighted by atomic mass is 79.9. The number of aryl methyl sites for hydroxylation is 1. The van der Waals surface area contributed by atoms with Crippen molar-refractivity contribution in [1.29, 1.82) is 0 Å². The number of nitrogens with zero attached hydrogens (tertiary/aromatic N) is 2. The minimum atomic E-state index is -1.26. The quantitative estimate of drug-likeness (QED) is 0.0926. The number of halogens is 1. The fourth-order valence-electron chi connectivity index (χ4n) is 4.05. The normalized spacial score (nSPS) is 10.8. The number of anilines is 4. The molecule has 0 bridgehead atoms.